The van der Waals surface area contributed by atoms with Crippen molar-refractivity contribution in [3.63, 3.8) is 0 Å². The van der Waals surface area contributed by atoms with Crippen LogP contribution < -0.4 is 16.0 Å². The van der Waals surface area contributed by atoms with E-state index in [1.54, 1.807) is 12.1 Å². The van der Waals surface area contributed by atoms with Crippen LogP contribution >= 0.6 is 11.6 Å². The number of rotatable bonds is 8. The smallest absolute Gasteiger partial charge is 0.243 e. The lowest BCUT2D eigenvalue weighted by molar-refractivity contribution is -0.123. The molecule has 0 saturated carbocycles. The second-order valence-corrected chi connectivity index (χ2v) is 7.04. The standard InChI is InChI=1S/C20H22ClF2N3O2/c1-12(2)20(13-3-5-14(21)6-4-13)25-10-18(27)24-11-19(28)26-15-7-8-16(22)17(23)9-15/h3-9,12,20,25H,10-11H2,1-2H3,(H,24,27)(H,26,28). The Hall–Kier alpha value is -2.51. The van der Waals surface area contributed by atoms with Crippen molar-refractivity contribution in [1.29, 1.82) is 0 Å². The van der Waals surface area contributed by atoms with E-state index < -0.39 is 17.5 Å². The zero-order valence-corrected chi connectivity index (χ0v) is 16.3. The van der Waals surface area contributed by atoms with Gasteiger partial charge in [0.15, 0.2) is 11.6 Å². The normalized spacial score (nSPS) is 11.9. The van der Waals surface area contributed by atoms with Crippen molar-refractivity contribution in [2.75, 3.05) is 18.4 Å². The average Bonchev–Trinajstić information content (AvgIpc) is 2.64. The van der Waals surface area contributed by atoms with Gasteiger partial charge in [-0.15, -0.1) is 0 Å². The summed E-state index contributed by atoms with van der Waals surface area (Å²) in [4.78, 5) is 23.9. The number of nitrogens with one attached hydrogen (secondary N) is 3. The Labute approximate surface area is 167 Å². The Morgan fingerprint density at radius 3 is 2.25 bits per heavy atom. The molecular weight excluding hydrogens is 388 g/mol. The first-order chi connectivity index (χ1) is 13.3. The summed E-state index contributed by atoms with van der Waals surface area (Å²) in [7, 11) is 0. The third-order valence-electron chi connectivity index (χ3n) is 4.03. The highest BCUT2D eigenvalue weighted by atomic mass is 35.5. The minimum absolute atomic E-state index is 0.0178. The SMILES string of the molecule is CC(C)C(NCC(=O)NCC(=O)Nc1ccc(F)c(F)c1)c1ccc(Cl)cc1. The number of benzene rings is 2. The van der Waals surface area contributed by atoms with Gasteiger partial charge in [-0.1, -0.05) is 37.6 Å². The predicted molar refractivity (Wildman–Crippen MR) is 105 cm³/mol. The van der Waals surface area contributed by atoms with Crippen molar-refractivity contribution < 1.29 is 18.4 Å². The van der Waals surface area contributed by atoms with Crippen molar-refractivity contribution >= 4 is 29.1 Å². The van der Waals surface area contributed by atoms with Crippen LogP contribution in [0, 0.1) is 17.6 Å². The highest BCUT2D eigenvalue weighted by Gasteiger charge is 2.17. The first kappa shape index (κ1) is 21.8. The minimum atomic E-state index is -1.06. The fraction of sp³-hybridized carbons (Fsp3) is 0.300. The molecule has 2 amide bonds. The van der Waals surface area contributed by atoms with Gasteiger partial charge in [-0.05, 0) is 35.7 Å². The van der Waals surface area contributed by atoms with Crippen LogP contribution in [0.5, 0.6) is 0 Å². The number of amides is 2. The number of carbonyl (C=O) groups is 2. The van der Waals surface area contributed by atoms with Crippen LogP contribution in [0.2, 0.25) is 5.02 Å². The second-order valence-electron chi connectivity index (χ2n) is 6.61. The molecule has 0 saturated heterocycles. The first-order valence-electron chi connectivity index (χ1n) is 8.76. The number of carbonyl (C=O) groups excluding carboxylic acids is 2. The van der Waals surface area contributed by atoms with Crippen molar-refractivity contribution in [2.24, 2.45) is 5.92 Å². The van der Waals surface area contributed by atoms with Crippen LogP contribution in [-0.4, -0.2) is 24.9 Å². The van der Waals surface area contributed by atoms with E-state index in [4.69, 9.17) is 11.6 Å². The van der Waals surface area contributed by atoms with Crippen molar-refractivity contribution in [2.45, 2.75) is 19.9 Å². The fourth-order valence-electron chi connectivity index (χ4n) is 2.63. The highest BCUT2D eigenvalue weighted by molar-refractivity contribution is 6.30. The van der Waals surface area contributed by atoms with E-state index >= 15 is 0 Å². The molecule has 8 heteroatoms. The molecule has 1 unspecified atom stereocenters. The van der Waals surface area contributed by atoms with E-state index in [-0.39, 0.29) is 36.6 Å². The summed E-state index contributed by atoms with van der Waals surface area (Å²) in [5.74, 6) is -2.74. The van der Waals surface area contributed by atoms with Gasteiger partial charge in [0.2, 0.25) is 11.8 Å². The first-order valence-corrected chi connectivity index (χ1v) is 9.14. The number of hydrogen-bond acceptors (Lipinski definition) is 3. The van der Waals surface area contributed by atoms with Crippen LogP contribution in [0.15, 0.2) is 42.5 Å². The molecule has 0 aliphatic carbocycles. The van der Waals surface area contributed by atoms with E-state index in [9.17, 15) is 18.4 Å². The Bertz CT molecular complexity index is 829. The van der Waals surface area contributed by atoms with Gasteiger partial charge >= 0.3 is 0 Å². The van der Waals surface area contributed by atoms with Gasteiger partial charge in [-0.2, -0.15) is 0 Å². The topological polar surface area (TPSA) is 70.2 Å². The Morgan fingerprint density at radius 1 is 0.964 bits per heavy atom. The van der Waals surface area contributed by atoms with Crippen LogP contribution in [0.4, 0.5) is 14.5 Å². The Kier molecular flexibility index (Phi) is 7.90. The highest BCUT2D eigenvalue weighted by Crippen LogP contribution is 2.23. The quantitative estimate of drug-likeness (QED) is 0.623. The summed E-state index contributed by atoms with van der Waals surface area (Å²) in [6, 6.07) is 10.3. The maximum absolute atomic E-state index is 13.1. The molecular formula is C20H22ClF2N3O2. The van der Waals surface area contributed by atoms with Crippen LogP contribution in [0.3, 0.4) is 0 Å². The third kappa shape index (κ3) is 6.58. The van der Waals surface area contributed by atoms with Crippen LogP contribution in [-0.2, 0) is 9.59 Å². The molecule has 2 rings (SSSR count). The summed E-state index contributed by atoms with van der Waals surface area (Å²) in [6.07, 6.45) is 0. The molecule has 0 fully saturated rings. The maximum Gasteiger partial charge on any atom is 0.243 e. The molecule has 0 aliphatic rings. The molecule has 0 heterocycles. The van der Waals surface area contributed by atoms with Gasteiger partial charge in [0.05, 0.1) is 13.1 Å². The molecule has 28 heavy (non-hydrogen) atoms. The lowest BCUT2D eigenvalue weighted by Crippen LogP contribution is -2.40. The van der Waals surface area contributed by atoms with E-state index in [2.05, 4.69) is 16.0 Å². The van der Waals surface area contributed by atoms with E-state index in [1.807, 2.05) is 26.0 Å². The van der Waals surface area contributed by atoms with Crippen molar-refractivity contribution in [1.82, 2.24) is 10.6 Å². The molecule has 1 atom stereocenters. The molecule has 2 aromatic rings. The van der Waals surface area contributed by atoms with E-state index in [0.29, 0.717) is 5.02 Å². The van der Waals surface area contributed by atoms with E-state index in [0.717, 1.165) is 17.7 Å². The predicted octanol–water partition coefficient (Wildman–Crippen LogP) is 3.66. The van der Waals surface area contributed by atoms with Gasteiger partial charge in [0.25, 0.3) is 0 Å². The number of halogens is 3. The molecule has 0 spiro atoms. The summed E-state index contributed by atoms with van der Waals surface area (Å²) in [5, 5.41) is 8.67. The van der Waals surface area contributed by atoms with Gasteiger partial charge in [-0.25, -0.2) is 8.78 Å². The monoisotopic (exact) mass is 409 g/mol. The fourth-order valence-corrected chi connectivity index (χ4v) is 2.76. The molecule has 0 radical (unpaired) electrons. The summed E-state index contributed by atoms with van der Waals surface area (Å²) in [5.41, 5.74) is 1.11. The summed E-state index contributed by atoms with van der Waals surface area (Å²) < 4.78 is 26.0. The lowest BCUT2D eigenvalue weighted by Gasteiger charge is -2.23. The largest absolute Gasteiger partial charge is 0.346 e. The molecule has 0 bridgehead atoms. The van der Waals surface area contributed by atoms with Crippen LogP contribution in [0.25, 0.3) is 0 Å². The molecule has 150 valence electrons. The van der Waals surface area contributed by atoms with Gasteiger partial charge in [0.1, 0.15) is 0 Å². The van der Waals surface area contributed by atoms with Gasteiger partial charge in [0, 0.05) is 22.8 Å². The molecule has 0 aliphatic heterocycles. The Morgan fingerprint density at radius 2 is 1.64 bits per heavy atom. The lowest BCUT2D eigenvalue weighted by atomic mass is 9.96. The molecule has 3 N–H and O–H groups in total. The minimum Gasteiger partial charge on any atom is -0.346 e. The Balaban J connectivity index is 1.81. The van der Waals surface area contributed by atoms with Crippen LogP contribution in [0.1, 0.15) is 25.5 Å². The number of anilines is 1. The zero-order valence-electron chi connectivity index (χ0n) is 15.6. The summed E-state index contributed by atoms with van der Waals surface area (Å²) >= 11 is 5.91. The van der Waals surface area contributed by atoms with Crippen molar-refractivity contribution in [3.8, 4) is 0 Å². The van der Waals surface area contributed by atoms with E-state index in [1.165, 1.54) is 6.07 Å². The second kappa shape index (κ2) is 10.1. The molecule has 0 aromatic heterocycles. The van der Waals surface area contributed by atoms with Gasteiger partial charge in [-0.3, -0.25) is 9.59 Å². The maximum atomic E-state index is 13.1. The third-order valence-corrected chi connectivity index (χ3v) is 4.28. The number of hydrogen-bond donors (Lipinski definition) is 3. The van der Waals surface area contributed by atoms with Crippen molar-refractivity contribution in [3.05, 3.63) is 64.7 Å². The summed E-state index contributed by atoms with van der Waals surface area (Å²) in [6.45, 7) is 3.79. The molecule has 5 nitrogen and oxygen atoms in total. The molecule has 2 aromatic carbocycles. The average molecular weight is 410 g/mol. The zero-order chi connectivity index (χ0) is 20.7. The van der Waals surface area contributed by atoms with Gasteiger partial charge < -0.3 is 16.0 Å².